The van der Waals surface area contributed by atoms with Crippen LogP contribution in [-0.4, -0.2) is 6.54 Å². The van der Waals surface area contributed by atoms with Crippen LogP contribution in [0.3, 0.4) is 0 Å². The predicted octanol–water partition coefficient (Wildman–Crippen LogP) is 4.29. The zero-order valence-corrected chi connectivity index (χ0v) is 11.4. The van der Waals surface area contributed by atoms with Gasteiger partial charge in [-0.1, -0.05) is 23.7 Å². The first-order chi connectivity index (χ1) is 8.25. The lowest BCUT2D eigenvalue weighted by Gasteiger charge is -2.14. The molecule has 2 rings (SSSR count). The van der Waals surface area contributed by atoms with Crippen LogP contribution >= 0.6 is 22.9 Å². The third-order valence-corrected chi connectivity index (χ3v) is 3.76. The van der Waals surface area contributed by atoms with Crippen LogP contribution in [0.15, 0.2) is 41.1 Å². The highest BCUT2D eigenvalue weighted by Gasteiger charge is 2.04. The zero-order valence-electron chi connectivity index (χ0n) is 9.82. The van der Waals surface area contributed by atoms with E-state index in [2.05, 4.69) is 35.1 Å². The fraction of sp³-hybridized carbons (Fsp3) is 0.286. The first-order valence-corrected chi connectivity index (χ1v) is 7.08. The van der Waals surface area contributed by atoms with Gasteiger partial charge in [0.15, 0.2) is 0 Å². The van der Waals surface area contributed by atoms with Crippen molar-refractivity contribution in [2.75, 3.05) is 6.54 Å². The third kappa shape index (κ3) is 3.84. The van der Waals surface area contributed by atoms with Crippen molar-refractivity contribution in [1.82, 2.24) is 5.32 Å². The maximum absolute atomic E-state index is 5.98. The monoisotopic (exact) mass is 265 g/mol. The Bertz CT molecular complexity index is 453. The van der Waals surface area contributed by atoms with Gasteiger partial charge >= 0.3 is 0 Å². The maximum Gasteiger partial charge on any atom is 0.0409 e. The molecule has 1 nitrogen and oxygen atoms in total. The van der Waals surface area contributed by atoms with Crippen molar-refractivity contribution >= 4 is 22.9 Å². The van der Waals surface area contributed by atoms with Crippen molar-refractivity contribution in [3.8, 4) is 0 Å². The van der Waals surface area contributed by atoms with Crippen LogP contribution in [0.4, 0.5) is 0 Å². The summed E-state index contributed by atoms with van der Waals surface area (Å²) >= 11 is 7.73. The molecule has 0 bridgehead atoms. The summed E-state index contributed by atoms with van der Waals surface area (Å²) in [4.78, 5) is 0. The Morgan fingerprint density at radius 2 is 2.24 bits per heavy atom. The van der Waals surface area contributed by atoms with Gasteiger partial charge in [0, 0.05) is 11.1 Å². The van der Waals surface area contributed by atoms with E-state index in [-0.39, 0.29) is 0 Å². The van der Waals surface area contributed by atoms with E-state index in [1.807, 2.05) is 18.2 Å². The number of thiophene rings is 1. The van der Waals surface area contributed by atoms with Gasteiger partial charge in [0.2, 0.25) is 0 Å². The highest BCUT2D eigenvalue weighted by atomic mass is 35.5. The topological polar surface area (TPSA) is 12.0 Å². The number of nitrogens with one attached hydrogen (secondary N) is 1. The minimum atomic E-state index is 0.340. The fourth-order valence-corrected chi connectivity index (χ4v) is 2.66. The summed E-state index contributed by atoms with van der Waals surface area (Å²) in [6.07, 6.45) is 1.08. The Labute approximate surface area is 111 Å². The molecule has 17 heavy (non-hydrogen) atoms. The molecule has 0 aliphatic heterocycles. The highest BCUT2D eigenvalue weighted by Crippen LogP contribution is 2.17. The smallest absolute Gasteiger partial charge is 0.0409 e. The van der Waals surface area contributed by atoms with Crippen LogP contribution in [0.2, 0.25) is 5.02 Å². The van der Waals surface area contributed by atoms with E-state index in [0.717, 1.165) is 18.0 Å². The summed E-state index contributed by atoms with van der Waals surface area (Å²) in [5, 5.41) is 8.63. The molecule has 1 heterocycles. The van der Waals surface area contributed by atoms with Gasteiger partial charge in [-0.25, -0.2) is 0 Å². The van der Waals surface area contributed by atoms with E-state index in [9.17, 15) is 0 Å². The Balaban J connectivity index is 1.83. The molecular weight excluding hydrogens is 250 g/mol. The van der Waals surface area contributed by atoms with Crippen molar-refractivity contribution in [3.05, 3.63) is 57.2 Å². The second-order valence-corrected chi connectivity index (χ2v) is 5.33. The molecule has 1 aromatic carbocycles. The Morgan fingerprint density at radius 3 is 2.94 bits per heavy atom. The van der Waals surface area contributed by atoms with Gasteiger partial charge in [-0.05, 0) is 60.0 Å². The van der Waals surface area contributed by atoms with Crippen molar-refractivity contribution in [1.29, 1.82) is 0 Å². The summed E-state index contributed by atoms with van der Waals surface area (Å²) < 4.78 is 0. The van der Waals surface area contributed by atoms with Crippen molar-refractivity contribution < 1.29 is 0 Å². The molecule has 0 spiro atoms. The second-order valence-electron chi connectivity index (χ2n) is 4.11. The van der Waals surface area contributed by atoms with E-state index in [0.29, 0.717) is 6.04 Å². The van der Waals surface area contributed by atoms with Gasteiger partial charge in [0.05, 0.1) is 0 Å². The number of hydrogen-bond donors (Lipinski definition) is 1. The van der Waals surface area contributed by atoms with Crippen LogP contribution in [0.5, 0.6) is 0 Å². The maximum atomic E-state index is 5.98. The molecule has 0 aliphatic rings. The first-order valence-electron chi connectivity index (χ1n) is 5.75. The largest absolute Gasteiger partial charge is 0.310 e. The molecule has 0 saturated carbocycles. The molecular formula is C14H16ClNS. The molecule has 2 aromatic rings. The minimum absolute atomic E-state index is 0.340. The van der Waals surface area contributed by atoms with Gasteiger partial charge in [-0.2, -0.15) is 11.3 Å². The summed E-state index contributed by atoms with van der Waals surface area (Å²) in [5.74, 6) is 0. The fourth-order valence-electron chi connectivity index (χ4n) is 1.76. The summed E-state index contributed by atoms with van der Waals surface area (Å²) in [5.41, 5.74) is 2.64. The van der Waals surface area contributed by atoms with Gasteiger partial charge in [-0.3, -0.25) is 0 Å². The van der Waals surface area contributed by atoms with Crippen molar-refractivity contribution in [3.63, 3.8) is 0 Å². The van der Waals surface area contributed by atoms with Gasteiger partial charge < -0.3 is 5.32 Å². The SMILES string of the molecule is CC(NCCc1ccsc1)c1cccc(Cl)c1. The molecule has 1 atom stereocenters. The Hall–Kier alpha value is -0.830. The van der Waals surface area contributed by atoms with E-state index < -0.39 is 0 Å². The van der Waals surface area contributed by atoms with E-state index in [1.165, 1.54) is 11.1 Å². The lowest BCUT2D eigenvalue weighted by Crippen LogP contribution is -2.21. The molecule has 0 fully saturated rings. The lowest BCUT2D eigenvalue weighted by molar-refractivity contribution is 0.577. The highest BCUT2D eigenvalue weighted by molar-refractivity contribution is 7.07. The van der Waals surface area contributed by atoms with Crippen molar-refractivity contribution in [2.45, 2.75) is 19.4 Å². The van der Waals surface area contributed by atoms with Gasteiger partial charge in [0.25, 0.3) is 0 Å². The Morgan fingerprint density at radius 1 is 1.35 bits per heavy atom. The van der Waals surface area contributed by atoms with Gasteiger partial charge in [0.1, 0.15) is 0 Å². The number of hydrogen-bond acceptors (Lipinski definition) is 2. The molecule has 0 saturated heterocycles. The molecule has 1 aromatic heterocycles. The molecule has 1 unspecified atom stereocenters. The van der Waals surface area contributed by atoms with Crippen LogP contribution in [0, 0.1) is 0 Å². The molecule has 1 N–H and O–H groups in total. The quantitative estimate of drug-likeness (QED) is 0.850. The summed E-state index contributed by atoms with van der Waals surface area (Å²) in [6, 6.07) is 10.5. The van der Waals surface area contributed by atoms with Gasteiger partial charge in [-0.15, -0.1) is 0 Å². The first kappa shape index (κ1) is 12.6. The standard InChI is InChI=1S/C14H16ClNS/c1-11(13-3-2-4-14(15)9-13)16-7-5-12-6-8-17-10-12/h2-4,6,8-11,16H,5,7H2,1H3. The molecule has 3 heteroatoms. The lowest BCUT2D eigenvalue weighted by atomic mass is 10.1. The molecule has 0 aliphatic carbocycles. The number of halogens is 1. The summed E-state index contributed by atoms with van der Waals surface area (Å²) in [7, 11) is 0. The molecule has 90 valence electrons. The van der Waals surface area contributed by atoms with Crippen molar-refractivity contribution in [2.24, 2.45) is 0 Å². The number of benzene rings is 1. The predicted molar refractivity (Wildman–Crippen MR) is 75.9 cm³/mol. The normalized spacial score (nSPS) is 12.6. The average molecular weight is 266 g/mol. The number of rotatable bonds is 5. The zero-order chi connectivity index (χ0) is 12.1. The third-order valence-electron chi connectivity index (χ3n) is 2.79. The van der Waals surface area contributed by atoms with E-state index >= 15 is 0 Å². The van der Waals surface area contributed by atoms with Crippen LogP contribution < -0.4 is 5.32 Å². The van der Waals surface area contributed by atoms with E-state index in [4.69, 9.17) is 11.6 Å². The molecule has 0 amide bonds. The van der Waals surface area contributed by atoms with Crippen LogP contribution in [-0.2, 0) is 6.42 Å². The molecule has 0 radical (unpaired) electrons. The van der Waals surface area contributed by atoms with Crippen LogP contribution in [0.1, 0.15) is 24.1 Å². The Kier molecular flexibility index (Phi) is 4.60. The minimum Gasteiger partial charge on any atom is -0.310 e. The van der Waals surface area contributed by atoms with E-state index in [1.54, 1.807) is 11.3 Å². The summed E-state index contributed by atoms with van der Waals surface area (Å²) in [6.45, 7) is 3.16. The average Bonchev–Trinajstić information content (AvgIpc) is 2.82. The van der Waals surface area contributed by atoms with Crippen LogP contribution in [0.25, 0.3) is 0 Å². The second kappa shape index (κ2) is 6.20.